The molecular formula is C10H15N3OS. The van der Waals surface area contributed by atoms with Gasteiger partial charge >= 0.3 is 0 Å². The van der Waals surface area contributed by atoms with Crippen molar-refractivity contribution in [3.63, 3.8) is 0 Å². The number of nitrogens with one attached hydrogen (secondary N) is 2. The monoisotopic (exact) mass is 225 g/mol. The van der Waals surface area contributed by atoms with Crippen LogP contribution < -0.4 is 10.6 Å². The average molecular weight is 225 g/mol. The van der Waals surface area contributed by atoms with Crippen molar-refractivity contribution in [2.24, 2.45) is 5.92 Å². The first-order valence-electron chi connectivity index (χ1n) is 5.13. The largest absolute Gasteiger partial charge is 0.351 e. The van der Waals surface area contributed by atoms with Crippen LogP contribution in [0.1, 0.15) is 16.3 Å². The Bertz CT molecular complexity index is 346. The Morgan fingerprint density at radius 1 is 1.73 bits per heavy atom. The van der Waals surface area contributed by atoms with Crippen molar-refractivity contribution in [2.45, 2.75) is 19.9 Å². The summed E-state index contributed by atoms with van der Waals surface area (Å²) in [5.41, 5.74) is 0. The molecule has 5 heteroatoms. The van der Waals surface area contributed by atoms with Gasteiger partial charge in [-0.15, -0.1) is 11.3 Å². The quantitative estimate of drug-likeness (QED) is 0.792. The Kier molecular flexibility index (Phi) is 3.33. The minimum Gasteiger partial charge on any atom is -0.351 e. The highest BCUT2D eigenvalue weighted by atomic mass is 32.1. The van der Waals surface area contributed by atoms with Crippen molar-refractivity contribution in [1.29, 1.82) is 0 Å². The Hall–Kier alpha value is -0.940. The third kappa shape index (κ3) is 3.00. The topological polar surface area (TPSA) is 54.0 Å². The van der Waals surface area contributed by atoms with E-state index in [-0.39, 0.29) is 5.91 Å². The highest BCUT2D eigenvalue weighted by Crippen LogP contribution is 2.11. The van der Waals surface area contributed by atoms with Gasteiger partial charge in [0.2, 0.25) is 5.91 Å². The molecular weight excluding hydrogens is 210 g/mol. The number of hydrogen-bond acceptors (Lipinski definition) is 4. The zero-order valence-electron chi connectivity index (χ0n) is 8.75. The number of thiazole rings is 1. The van der Waals surface area contributed by atoms with Gasteiger partial charge in [-0.2, -0.15) is 0 Å². The van der Waals surface area contributed by atoms with Crippen molar-refractivity contribution in [3.8, 4) is 0 Å². The van der Waals surface area contributed by atoms with Gasteiger partial charge in [0.1, 0.15) is 0 Å². The summed E-state index contributed by atoms with van der Waals surface area (Å²) in [6, 6.07) is 0. The summed E-state index contributed by atoms with van der Waals surface area (Å²) in [6.45, 7) is 4.54. The lowest BCUT2D eigenvalue weighted by molar-refractivity contribution is -0.122. The molecule has 0 aromatic carbocycles. The molecule has 1 amide bonds. The molecule has 0 atom stereocenters. The third-order valence-electron chi connectivity index (χ3n) is 2.47. The van der Waals surface area contributed by atoms with Crippen LogP contribution in [0.5, 0.6) is 0 Å². The van der Waals surface area contributed by atoms with Crippen molar-refractivity contribution in [3.05, 3.63) is 16.1 Å². The van der Waals surface area contributed by atoms with Crippen molar-refractivity contribution < 1.29 is 4.79 Å². The van der Waals surface area contributed by atoms with Crippen molar-refractivity contribution in [2.75, 3.05) is 13.1 Å². The Balaban J connectivity index is 1.70. The van der Waals surface area contributed by atoms with Crippen LogP contribution in [0.3, 0.4) is 0 Å². The van der Waals surface area contributed by atoms with Crippen LogP contribution >= 0.6 is 11.3 Å². The molecule has 0 unspecified atom stereocenters. The van der Waals surface area contributed by atoms with E-state index in [1.54, 1.807) is 11.3 Å². The van der Waals surface area contributed by atoms with Crippen LogP contribution in [-0.4, -0.2) is 24.0 Å². The number of aryl methyl sites for hydroxylation is 1. The molecule has 15 heavy (non-hydrogen) atoms. The molecule has 2 N–H and O–H groups in total. The van der Waals surface area contributed by atoms with Crippen LogP contribution in [0.4, 0.5) is 0 Å². The van der Waals surface area contributed by atoms with E-state index in [2.05, 4.69) is 15.6 Å². The molecule has 0 aliphatic carbocycles. The maximum absolute atomic E-state index is 11.5. The molecule has 0 radical (unpaired) electrons. The highest BCUT2D eigenvalue weighted by molar-refractivity contribution is 7.11. The summed E-state index contributed by atoms with van der Waals surface area (Å²) in [4.78, 5) is 16.7. The fraction of sp³-hybridized carbons (Fsp3) is 0.600. The second-order valence-corrected chi connectivity index (χ2v) is 5.17. The van der Waals surface area contributed by atoms with Gasteiger partial charge < -0.3 is 10.6 Å². The van der Waals surface area contributed by atoms with Gasteiger partial charge in [-0.25, -0.2) is 4.98 Å². The van der Waals surface area contributed by atoms with E-state index < -0.39 is 0 Å². The second kappa shape index (κ2) is 4.72. The fourth-order valence-electron chi connectivity index (χ4n) is 1.50. The summed E-state index contributed by atoms with van der Waals surface area (Å²) >= 11 is 1.63. The molecule has 82 valence electrons. The first-order valence-corrected chi connectivity index (χ1v) is 5.94. The molecule has 2 heterocycles. The molecule has 1 aliphatic rings. The average Bonchev–Trinajstić information content (AvgIpc) is 2.55. The minimum atomic E-state index is 0.146. The number of carbonyl (C=O) groups excluding carboxylic acids is 1. The van der Waals surface area contributed by atoms with Gasteiger partial charge in [-0.1, -0.05) is 0 Å². The highest BCUT2D eigenvalue weighted by Gasteiger charge is 2.19. The predicted octanol–water partition coefficient (Wildman–Crippen LogP) is 0.677. The zero-order chi connectivity index (χ0) is 10.7. The first-order chi connectivity index (χ1) is 7.24. The van der Waals surface area contributed by atoms with Gasteiger partial charge in [0, 0.05) is 17.5 Å². The lowest BCUT2D eigenvalue weighted by Gasteiger charge is -2.26. The van der Waals surface area contributed by atoms with Gasteiger partial charge in [-0.05, 0) is 25.9 Å². The van der Waals surface area contributed by atoms with Crippen LogP contribution in [0.15, 0.2) is 6.20 Å². The summed E-state index contributed by atoms with van der Waals surface area (Å²) in [5.74, 6) is 0.681. The summed E-state index contributed by atoms with van der Waals surface area (Å²) in [6.07, 6.45) is 2.47. The van der Waals surface area contributed by atoms with E-state index in [1.165, 1.54) is 0 Å². The molecule has 1 aromatic rings. The molecule has 0 bridgehead atoms. The molecule has 4 nitrogen and oxygen atoms in total. The maximum atomic E-state index is 11.5. The molecule has 0 saturated carbocycles. The molecule has 1 aliphatic heterocycles. The van der Waals surface area contributed by atoms with Gasteiger partial charge in [0.15, 0.2) is 0 Å². The van der Waals surface area contributed by atoms with E-state index in [1.807, 2.05) is 13.1 Å². The van der Waals surface area contributed by atoms with Gasteiger partial charge in [0.25, 0.3) is 0 Å². The lowest BCUT2D eigenvalue weighted by Crippen LogP contribution is -2.44. The zero-order valence-corrected chi connectivity index (χ0v) is 9.56. The molecule has 0 spiro atoms. The van der Waals surface area contributed by atoms with E-state index in [0.717, 1.165) is 23.0 Å². The number of aromatic nitrogens is 1. The summed E-state index contributed by atoms with van der Waals surface area (Å²) < 4.78 is 0. The smallest absolute Gasteiger partial charge is 0.220 e. The Morgan fingerprint density at radius 3 is 3.07 bits per heavy atom. The molecule has 1 saturated heterocycles. The molecule has 1 aromatic heterocycles. The SMILES string of the molecule is Cc1ncc(CNC(=O)CC2CNC2)s1. The van der Waals surface area contributed by atoms with Gasteiger partial charge in [-0.3, -0.25) is 4.79 Å². The normalized spacial score (nSPS) is 16.1. The third-order valence-corrected chi connectivity index (χ3v) is 3.38. The minimum absolute atomic E-state index is 0.146. The van der Waals surface area contributed by atoms with Crippen LogP contribution in [0.2, 0.25) is 0 Å². The van der Waals surface area contributed by atoms with E-state index >= 15 is 0 Å². The van der Waals surface area contributed by atoms with Crippen LogP contribution in [0, 0.1) is 12.8 Å². The first kappa shape index (κ1) is 10.6. The number of carbonyl (C=O) groups is 1. The Labute approximate surface area is 93.1 Å². The van der Waals surface area contributed by atoms with E-state index in [4.69, 9.17) is 0 Å². The Morgan fingerprint density at radius 2 is 2.53 bits per heavy atom. The fourth-order valence-corrected chi connectivity index (χ4v) is 2.23. The van der Waals surface area contributed by atoms with Crippen molar-refractivity contribution >= 4 is 17.2 Å². The van der Waals surface area contributed by atoms with E-state index in [9.17, 15) is 4.79 Å². The van der Waals surface area contributed by atoms with Crippen molar-refractivity contribution in [1.82, 2.24) is 15.6 Å². The van der Waals surface area contributed by atoms with Gasteiger partial charge in [0.05, 0.1) is 11.6 Å². The number of rotatable bonds is 4. The molecule has 2 rings (SSSR count). The summed E-state index contributed by atoms with van der Waals surface area (Å²) in [5, 5.41) is 7.11. The van der Waals surface area contributed by atoms with E-state index in [0.29, 0.717) is 18.9 Å². The maximum Gasteiger partial charge on any atom is 0.220 e. The molecule has 1 fully saturated rings. The van der Waals surface area contributed by atoms with Crippen LogP contribution in [0.25, 0.3) is 0 Å². The predicted molar refractivity (Wildman–Crippen MR) is 59.7 cm³/mol. The number of hydrogen-bond donors (Lipinski definition) is 2. The standard InChI is InChI=1S/C10H15N3OS/c1-7-12-5-9(15-7)6-13-10(14)2-8-3-11-4-8/h5,8,11H,2-4,6H2,1H3,(H,13,14). The summed E-state index contributed by atoms with van der Waals surface area (Å²) in [7, 11) is 0. The number of nitrogens with zero attached hydrogens (tertiary/aromatic N) is 1. The number of amides is 1. The lowest BCUT2D eigenvalue weighted by atomic mass is 9.99. The van der Waals surface area contributed by atoms with Crippen LogP contribution in [-0.2, 0) is 11.3 Å². The second-order valence-electron chi connectivity index (χ2n) is 3.85.